The van der Waals surface area contributed by atoms with Crippen LogP contribution in [0.5, 0.6) is 0 Å². The molecule has 0 spiro atoms. The minimum Gasteiger partial charge on any atom is -0.338 e. The Labute approximate surface area is 122 Å². The summed E-state index contributed by atoms with van der Waals surface area (Å²) in [5.74, 6) is 1.31. The number of aryl methyl sites for hydroxylation is 1. The molecular formula is C12H17N5O3S. The molecule has 0 saturated heterocycles. The monoisotopic (exact) mass is 311 g/mol. The number of hydrogen-bond acceptors (Lipinski definition) is 6. The zero-order chi connectivity index (χ0) is 15.0. The van der Waals surface area contributed by atoms with Crippen molar-refractivity contribution in [2.24, 2.45) is 0 Å². The van der Waals surface area contributed by atoms with Crippen LogP contribution >= 0.6 is 0 Å². The third-order valence-electron chi connectivity index (χ3n) is 3.35. The van der Waals surface area contributed by atoms with Gasteiger partial charge in [-0.2, -0.15) is 14.8 Å². The molecule has 1 aliphatic carbocycles. The summed E-state index contributed by atoms with van der Waals surface area (Å²) in [6.07, 6.45) is 3.59. The minimum absolute atomic E-state index is 0.124. The Bertz CT molecular complexity index is 732. The normalized spacial score (nSPS) is 17.0. The van der Waals surface area contributed by atoms with Crippen molar-refractivity contribution < 1.29 is 12.9 Å². The van der Waals surface area contributed by atoms with Crippen molar-refractivity contribution in [2.75, 3.05) is 0 Å². The molecule has 0 aliphatic heterocycles. The smallest absolute Gasteiger partial charge is 0.258 e. The van der Waals surface area contributed by atoms with Gasteiger partial charge in [0.2, 0.25) is 5.89 Å². The lowest BCUT2D eigenvalue weighted by Gasteiger charge is -2.11. The first-order valence-corrected chi connectivity index (χ1v) is 8.37. The zero-order valence-corrected chi connectivity index (χ0v) is 12.7. The minimum atomic E-state index is -3.68. The quantitative estimate of drug-likeness (QED) is 0.860. The lowest BCUT2D eigenvalue weighted by Crippen LogP contribution is -2.29. The molecule has 3 rings (SSSR count). The SMILES string of the molecule is CCn1nccc1S(=O)(=O)N[C@@H](C)c1nc(C2CC2)no1. The van der Waals surface area contributed by atoms with Gasteiger partial charge < -0.3 is 4.52 Å². The number of hydrogen-bond donors (Lipinski definition) is 1. The third-order valence-corrected chi connectivity index (χ3v) is 4.92. The molecule has 2 aromatic rings. The van der Waals surface area contributed by atoms with Crippen molar-refractivity contribution in [2.45, 2.75) is 50.2 Å². The number of aromatic nitrogens is 4. The van der Waals surface area contributed by atoms with Crippen LogP contribution in [0.2, 0.25) is 0 Å². The Morgan fingerprint density at radius 2 is 2.29 bits per heavy atom. The summed E-state index contributed by atoms with van der Waals surface area (Å²) in [5.41, 5.74) is 0. The molecule has 0 aromatic carbocycles. The van der Waals surface area contributed by atoms with E-state index in [1.165, 1.54) is 16.9 Å². The van der Waals surface area contributed by atoms with Gasteiger partial charge in [0.1, 0.15) is 0 Å². The first kappa shape index (κ1) is 14.2. The van der Waals surface area contributed by atoms with Crippen molar-refractivity contribution in [1.82, 2.24) is 24.6 Å². The van der Waals surface area contributed by atoms with Crippen LogP contribution in [0.3, 0.4) is 0 Å². The van der Waals surface area contributed by atoms with E-state index < -0.39 is 16.1 Å². The Kier molecular flexibility index (Phi) is 3.54. The van der Waals surface area contributed by atoms with Crippen LogP contribution in [-0.4, -0.2) is 28.3 Å². The third kappa shape index (κ3) is 2.84. The molecule has 114 valence electrons. The van der Waals surface area contributed by atoms with Gasteiger partial charge in [-0.1, -0.05) is 5.16 Å². The van der Waals surface area contributed by atoms with Crippen molar-refractivity contribution >= 4 is 10.0 Å². The van der Waals surface area contributed by atoms with Gasteiger partial charge in [-0.05, 0) is 32.8 Å². The highest BCUT2D eigenvalue weighted by Gasteiger charge is 2.31. The zero-order valence-electron chi connectivity index (χ0n) is 11.9. The topological polar surface area (TPSA) is 103 Å². The highest BCUT2D eigenvalue weighted by molar-refractivity contribution is 7.89. The molecule has 1 atom stereocenters. The maximum Gasteiger partial charge on any atom is 0.258 e. The molecule has 21 heavy (non-hydrogen) atoms. The van der Waals surface area contributed by atoms with Crippen LogP contribution < -0.4 is 4.72 Å². The molecular weight excluding hydrogens is 294 g/mol. The molecule has 2 heterocycles. The number of nitrogens with zero attached hydrogens (tertiary/aromatic N) is 4. The van der Waals surface area contributed by atoms with Crippen molar-refractivity contribution in [3.8, 4) is 0 Å². The highest BCUT2D eigenvalue weighted by Crippen LogP contribution is 2.38. The molecule has 0 unspecified atom stereocenters. The van der Waals surface area contributed by atoms with Crippen LogP contribution in [0, 0.1) is 0 Å². The summed E-state index contributed by atoms with van der Waals surface area (Å²) < 4.78 is 33.8. The fourth-order valence-corrected chi connectivity index (χ4v) is 3.44. The van der Waals surface area contributed by atoms with E-state index in [0.717, 1.165) is 12.8 Å². The van der Waals surface area contributed by atoms with Crippen LogP contribution in [0.25, 0.3) is 0 Å². The van der Waals surface area contributed by atoms with Gasteiger partial charge >= 0.3 is 0 Å². The second-order valence-corrected chi connectivity index (χ2v) is 6.75. The second-order valence-electron chi connectivity index (χ2n) is 5.09. The Hall–Kier alpha value is -1.74. The first-order chi connectivity index (χ1) is 10.0. The maximum atomic E-state index is 12.3. The molecule has 9 heteroatoms. The van der Waals surface area contributed by atoms with Gasteiger partial charge in [-0.3, -0.25) is 4.68 Å². The van der Waals surface area contributed by atoms with Crippen LogP contribution in [-0.2, 0) is 16.6 Å². The van der Waals surface area contributed by atoms with E-state index in [1.807, 2.05) is 6.92 Å². The second kappa shape index (κ2) is 5.23. The number of rotatable bonds is 6. The van der Waals surface area contributed by atoms with E-state index in [9.17, 15) is 8.42 Å². The van der Waals surface area contributed by atoms with Crippen molar-refractivity contribution in [3.05, 3.63) is 24.0 Å². The van der Waals surface area contributed by atoms with Crippen LogP contribution in [0.1, 0.15) is 50.4 Å². The molecule has 0 bridgehead atoms. The fourth-order valence-electron chi connectivity index (χ4n) is 2.06. The average Bonchev–Trinajstić information content (AvgIpc) is 3.00. The highest BCUT2D eigenvalue weighted by atomic mass is 32.2. The summed E-state index contributed by atoms with van der Waals surface area (Å²) in [7, 11) is -3.68. The molecule has 0 amide bonds. The lowest BCUT2D eigenvalue weighted by atomic mass is 10.3. The van der Waals surface area contributed by atoms with Gasteiger partial charge in [0.05, 0.1) is 12.2 Å². The molecule has 1 saturated carbocycles. The van der Waals surface area contributed by atoms with Crippen LogP contribution in [0.15, 0.2) is 21.8 Å². The summed E-state index contributed by atoms with van der Waals surface area (Å²) in [6.45, 7) is 3.98. The van der Waals surface area contributed by atoms with E-state index in [2.05, 4.69) is 20.0 Å². The van der Waals surface area contributed by atoms with Gasteiger partial charge in [-0.15, -0.1) is 0 Å². The van der Waals surface area contributed by atoms with Crippen molar-refractivity contribution in [1.29, 1.82) is 0 Å². The summed E-state index contributed by atoms with van der Waals surface area (Å²) in [6, 6.07) is 0.873. The Morgan fingerprint density at radius 1 is 1.52 bits per heavy atom. The van der Waals surface area contributed by atoms with Gasteiger partial charge in [0, 0.05) is 12.5 Å². The van der Waals surface area contributed by atoms with Gasteiger partial charge in [-0.25, -0.2) is 8.42 Å². The number of sulfonamides is 1. The molecule has 1 aliphatic rings. The lowest BCUT2D eigenvalue weighted by molar-refractivity contribution is 0.349. The summed E-state index contributed by atoms with van der Waals surface area (Å²) in [4.78, 5) is 4.25. The summed E-state index contributed by atoms with van der Waals surface area (Å²) in [5, 5.41) is 7.97. The molecule has 1 fully saturated rings. The average molecular weight is 311 g/mol. The van der Waals surface area contributed by atoms with Crippen LogP contribution in [0.4, 0.5) is 0 Å². The maximum absolute atomic E-state index is 12.3. The largest absolute Gasteiger partial charge is 0.338 e. The fraction of sp³-hybridized carbons (Fsp3) is 0.583. The standard InChI is InChI=1S/C12H17N5O3S/c1-3-17-10(6-7-13-17)21(18,19)16-8(2)12-14-11(15-20-12)9-4-5-9/h6-9,16H,3-5H2,1-2H3/t8-/m0/s1. The summed E-state index contributed by atoms with van der Waals surface area (Å²) >= 11 is 0. The predicted molar refractivity (Wildman–Crippen MR) is 72.9 cm³/mol. The van der Waals surface area contributed by atoms with E-state index in [1.54, 1.807) is 6.92 Å². The van der Waals surface area contributed by atoms with E-state index >= 15 is 0 Å². The van der Waals surface area contributed by atoms with Crippen molar-refractivity contribution in [3.63, 3.8) is 0 Å². The van der Waals surface area contributed by atoms with E-state index in [4.69, 9.17) is 4.52 Å². The molecule has 8 nitrogen and oxygen atoms in total. The molecule has 0 radical (unpaired) electrons. The van der Waals surface area contributed by atoms with E-state index in [-0.39, 0.29) is 10.9 Å². The molecule has 1 N–H and O–H groups in total. The van der Waals surface area contributed by atoms with Gasteiger partial charge in [0.15, 0.2) is 10.9 Å². The Balaban J connectivity index is 1.77. The first-order valence-electron chi connectivity index (χ1n) is 6.89. The number of nitrogens with one attached hydrogen (secondary N) is 1. The molecule has 2 aromatic heterocycles. The Morgan fingerprint density at radius 3 is 2.95 bits per heavy atom. The van der Waals surface area contributed by atoms with E-state index in [0.29, 0.717) is 18.3 Å². The van der Waals surface area contributed by atoms with Gasteiger partial charge in [0.25, 0.3) is 10.0 Å². The predicted octanol–water partition coefficient (Wildman–Crippen LogP) is 1.20.